The molecule has 4 rings (SSSR count). The van der Waals surface area contributed by atoms with Crippen molar-refractivity contribution >= 4 is 34.5 Å². The van der Waals surface area contributed by atoms with Crippen LogP contribution in [0, 0.1) is 25.2 Å². The summed E-state index contributed by atoms with van der Waals surface area (Å²) < 4.78 is 7.27. The van der Waals surface area contributed by atoms with Gasteiger partial charge in [0.15, 0.2) is 0 Å². The molecule has 0 aliphatic carbocycles. The predicted molar refractivity (Wildman–Crippen MR) is 125 cm³/mol. The van der Waals surface area contributed by atoms with E-state index < -0.39 is 11.9 Å². The number of rotatable bonds is 6. The summed E-state index contributed by atoms with van der Waals surface area (Å²) in [6.07, 6.45) is 3.37. The number of carbonyl (C=O) groups excluding carboxylic acids is 1. The number of furan rings is 1. The zero-order valence-corrected chi connectivity index (χ0v) is 18.1. The summed E-state index contributed by atoms with van der Waals surface area (Å²) in [6, 6.07) is 18.3. The first-order valence-corrected chi connectivity index (χ1v) is 10.3. The first-order chi connectivity index (χ1) is 15.8. The van der Waals surface area contributed by atoms with Gasteiger partial charge in [-0.2, -0.15) is 5.26 Å². The van der Waals surface area contributed by atoms with E-state index >= 15 is 0 Å². The number of hydrogen-bond acceptors (Lipinski definition) is 4. The minimum atomic E-state index is -1.13. The largest absolute Gasteiger partial charge is 0.475 e. The van der Waals surface area contributed by atoms with Crippen LogP contribution in [0.4, 0.5) is 5.69 Å². The minimum absolute atomic E-state index is 0.0248. The molecule has 2 aromatic carbocycles. The zero-order valence-electron chi connectivity index (χ0n) is 18.1. The van der Waals surface area contributed by atoms with Crippen LogP contribution in [-0.4, -0.2) is 21.6 Å². The van der Waals surface area contributed by atoms with Crippen LogP contribution in [0.15, 0.2) is 70.8 Å². The summed E-state index contributed by atoms with van der Waals surface area (Å²) >= 11 is 0. The Kier molecular flexibility index (Phi) is 5.83. The molecule has 2 N–H and O–H groups in total. The van der Waals surface area contributed by atoms with Crippen LogP contribution in [0.1, 0.15) is 33.0 Å². The van der Waals surface area contributed by atoms with Gasteiger partial charge < -0.3 is 19.4 Å². The van der Waals surface area contributed by atoms with Gasteiger partial charge in [-0.3, -0.25) is 4.79 Å². The average Bonchev–Trinajstić information content (AvgIpc) is 3.37. The van der Waals surface area contributed by atoms with Gasteiger partial charge in [0.2, 0.25) is 5.76 Å². The normalized spacial score (nSPS) is 11.4. The van der Waals surface area contributed by atoms with Crippen LogP contribution in [0.25, 0.3) is 17.0 Å². The Morgan fingerprint density at radius 1 is 1.12 bits per heavy atom. The lowest BCUT2D eigenvalue weighted by Crippen LogP contribution is -2.13. The van der Waals surface area contributed by atoms with Crippen LogP contribution in [0.2, 0.25) is 0 Å². The molecule has 0 unspecified atom stereocenters. The van der Waals surface area contributed by atoms with Crippen molar-refractivity contribution in [3.8, 4) is 6.07 Å². The van der Waals surface area contributed by atoms with Crippen molar-refractivity contribution < 1.29 is 19.1 Å². The third kappa shape index (κ3) is 4.70. The number of aromatic nitrogens is 1. The Balaban J connectivity index is 1.67. The Labute approximate surface area is 190 Å². The number of fused-ring (bicyclic) bond motifs is 1. The van der Waals surface area contributed by atoms with Crippen LogP contribution in [0.3, 0.4) is 0 Å². The minimum Gasteiger partial charge on any atom is -0.475 e. The molecular formula is C26H21N3O4. The lowest BCUT2D eigenvalue weighted by molar-refractivity contribution is -0.112. The Morgan fingerprint density at radius 2 is 1.85 bits per heavy atom. The highest BCUT2D eigenvalue weighted by atomic mass is 16.4. The number of carbonyl (C=O) groups is 2. The number of aryl methyl sites for hydroxylation is 2. The van der Waals surface area contributed by atoms with Crippen LogP contribution in [-0.2, 0) is 11.3 Å². The summed E-state index contributed by atoms with van der Waals surface area (Å²) in [5.74, 6) is -1.26. The number of hydrogen-bond donors (Lipinski definition) is 2. The third-order valence-electron chi connectivity index (χ3n) is 5.16. The molecule has 0 bridgehead atoms. The summed E-state index contributed by atoms with van der Waals surface area (Å²) in [6.45, 7) is 4.19. The second kappa shape index (κ2) is 8.89. The molecule has 33 heavy (non-hydrogen) atoms. The number of nitrogens with one attached hydrogen (secondary N) is 1. The highest BCUT2D eigenvalue weighted by molar-refractivity contribution is 6.10. The molecule has 0 atom stereocenters. The maximum absolute atomic E-state index is 12.8. The fourth-order valence-corrected chi connectivity index (χ4v) is 3.82. The van der Waals surface area contributed by atoms with Gasteiger partial charge in [0, 0.05) is 28.4 Å². The highest BCUT2D eigenvalue weighted by Crippen LogP contribution is 2.25. The van der Waals surface area contributed by atoms with Crippen LogP contribution >= 0.6 is 0 Å². The van der Waals surface area contributed by atoms with E-state index in [1.54, 1.807) is 12.1 Å². The molecule has 1 amide bonds. The van der Waals surface area contributed by atoms with Gasteiger partial charge >= 0.3 is 5.97 Å². The smallest absolute Gasteiger partial charge is 0.371 e. The van der Waals surface area contributed by atoms with E-state index in [0.29, 0.717) is 23.6 Å². The molecule has 0 saturated carbocycles. The summed E-state index contributed by atoms with van der Waals surface area (Å²) in [5, 5.41) is 22.4. The molecule has 7 heteroatoms. The van der Waals surface area contributed by atoms with E-state index in [0.717, 1.165) is 22.0 Å². The number of carboxylic acids is 1. The molecular weight excluding hydrogens is 418 g/mol. The standard InChI is InChI=1S/C26H21N3O4/c1-16-9-17(2)11-20(10-16)28-25(30)18(13-27)12-19-14-29(23-6-4-3-5-22(19)23)15-21-7-8-24(33-21)26(31)32/h3-12,14H,15H2,1-2H3,(H,28,30)(H,31,32). The Bertz CT molecular complexity index is 1430. The third-order valence-corrected chi connectivity index (χ3v) is 5.16. The van der Waals surface area contributed by atoms with E-state index in [1.807, 2.05) is 73.1 Å². The second-order valence-corrected chi connectivity index (χ2v) is 7.80. The number of nitrogens with zero attached hydrogens (tertiary/aromatic N) is 2. The van der Waals surface area contributed by atoms with Gasteiger partial charge in [-0.15, -0.1) is 0 Å². The monoisotopic (exact) mass is 439 g/mol. The molecule has 164 valence electrons. The molecule has 2 heterocycles. The number of nitriles is 1. The number of aromatic carboxylic acids is 1. The van der Waals surface area contributed by atoms with Crippen molar-refractivity contribution in [2.24, 2.45) is 0 Å². The van der Waals surface area contributed by atoms with Gasteiger partial charge in [-0.25, -0.2) is 4.79 Å². The maximum Gasteiger partial charge on any atom is 0.371 e. The summed E-state index contributed by atoms with van der Waals surface area (Å²) in [7, 11) is 0. The summed E-state index contributed by atoms with van der Waals surface area (Å²) in [4.78, 5) is 23.9. The topological polar surface area (TPSA) is 108 Å². The Morgan fingerprint density at radius 3 is 2.52 bits per heavy atom. The molecule has 2 aromatic heterocycles. The fourth-order valence-electron chi connectivity index (χ4n) is 3.82. The van der Waals surface area contributed by atoms with Gasteiger partial charge in [0.25, 0.3) is 5.91 Å². The van der Waals surface area contributed by atoms with Gasteiger partial charge in [-0.1, -0.05) is 24.3 Å². The van der Waals surface area contributed by atoms with Crippen molar-refractivity contribution in [2.45, 2.75) is 20.4 Å². The lowest BCUT2D eigenvalue weighted by Gasteiger charge is -2.07. The Hall–Kier alpha value is -4.57. The van der Waals surface area contributed by atoms with Crippen molar-refractivity contribution in [3.05, 3.63) is 94.6 Å². The van der Waals surface area contributed by atoms with Crippen molar-refractivity contribution in [3.63, 3.8) is 0 Å². The fraction of sp³-hybridized carbons (Fsp3) is 0.115. The van der Waals surface area contributed by atoms with Gasteiger partial charge in [0.05, 0.1) is 6.54 Å². The number of benzene rings is 2. The van der Waals surface area contributed by atoms with E-state index in [-0.39, 0.29) is 11.3 Å². The molecule has 0 spiro atoms. The highest BCUT2D eigenvalue weighted by Gasteiger charge is 2.15. The van der Waals surface area contributed by atoms with Gasteiger partial charge in [-0.05, 0) is 61.4 Å². The average molecular weight is 439 g/mol. The molecule has 0 radical (unpaired) electrons. The second-order valence-electron chi connectivity index (χ2n) is 7.80. The van der Waals surface area contributed by atoms with E-state index in [9.17, 15) is 14.9 Å². The lowest BCUT2D eigenvalue weighted by atomic mass is 10.1. The zero-order chi connectivity index (χ0) is 23.5. The molecule has 0 saturated heterocycles. The van der Waals surface area contributed by atoms with E-state index in [2.05, 4.69) is 5.32 Å². The molecule has 0 aliphatic rings. The van der Waals surface area contributed by atoms with Crippen molar-refractivity contribution in [2.75, 3.05) is 5.32 Å². The van der Waals surface area contributed by atoms with E-state index in [4.69, 9.17) is 9.52 Å². The first kappa shape index (κ1) is 21.7. The number of carboxylic acid groups (broad SMARTS) is 1. The number of para-hydroxylation sites is 1. The molecule has 0 aliphatic heterocycles. The predicted octanol–water partition coefficient (Wildman–Crippen LogP) is 5.14. The number of amides is 1. The summed E-state index contributed by atoms with van der Waals surface area (Å²) in [5.41, 5.74) is 4.20. The quantitative estimate of drug-likeness (QED) is 0.319. The maximum atomic E-state index is 12.8. The molecule has 4 aromatic rings. The van der Waals surface area contributed by atoms with Crippen molar-refractivity contribution in [1.82, 2.24) is 4.57 Å². The van der Waals surface area contributed by atoms with Gasteiger partial charge in [0.1, 0.15) is 17.4 Å². The first-order valence-electron chi connectivity index (χ1n) is 10.3. The van der Waals surface area contributed by atoms with Crippen molar-refractivity contribution in [1.29, 1.82) is 5.26 Å². The number of anilines is 1. The van der Waals surface area contributed by atoms with Crippen LogP contribution < -0.4 is 5.32 Å². The molecule has 0 fully saturated rings. The molecule has 7 nitrogen and oxygen atoms in total. The van der Waals surface area contributed by atoms with Crippen LogP contribution in [0.5, 0.6) is 0 Å². The SMILES string of the molecule is Cc1cc(C)cc(NC(=O)C(C#N)=Cc2cn(Cc3ccc(C(=O)O)o3)c3ccccc23)c1. The van der Waals surface area contributed by atoms with E-state index in [1.165, 1.54) is 6.07 Å².